The fourth-order valence-electron chi connectivity index (χ4n) is 3.02. The van der Waals surface area contributed by atoms with Crippen molar-refractivity contribution in [1.82, 2.24) is 5.32 Å². The smallest absolute Gasteiger partial charge is 0.379 e. The highest BCUT2D eigenvalue weighted by atomic mass is 31.2. The molecule has 12 nitrogen and oxygen atoms in total. The summed E-state index contributed by atoms with van der Waals surface area (Å²) < 4.78 is 67.0. The van der Waals surface area contributed by atoms with Crippen molar-refractivity contribution in [3.05, 3.63) is 12.8 Å². The van der Waals surface area contributed by atoms with Crippen molar-refractivity contribution in [3.8, 4) is 0 Å². The Bertz CT molecular complexity index is 636. The lowest BCUT2D eigenvalue weighted by Crippen LogP contribution is -2.31. The number of hydrogen-bond acceptors (Lipinski definition) is 11. The maximum Gasteiger partial charge on any atom is 0.474 e. The van der Waals surface area contributed by atoms with Gasteiger partial charge in [0.2, 0.25) is 0 Å². The lowest BCUT2D eigenvalue weighted by atomic mass is 10.2. The molecule has 0 aliphatic carbocycles. The molecule has 2 rings (SSSR count). The van der Waals surface area contributed by atoms with E-state index in [2.05, 4.69) is 16.4 Å². The maximum absolute atomic E-state index is 12.9. The molecule has 2 heterocycles. The number of ether oxygens (including phenoxy) is 3. The van der Waals surface area contributed by atoms with E-state index in [0.717, 1.165) is 7.11 Å². The van der Waals surface area contributed by atoms with Crippen molar-refractivity contribution in [2.75, 3.05) is 40.6 Å². The summed E-state index contributed by atoms with van der Waals surface area (Å²) in [5.74, 6) is 0. The Labute approximate surface area is 176 Å². The summed E-state index contributed by atoms with van der Waals surface area (Å²) in [4.78, 5) is 9.63. The van der Waals surface area contributed by atoms with Crippen molar-refractivity contribution in [2.24, 2.45) is 0 Å². The van der Waals surface area contributed by atoms with Gasteiger partial charge in [0, 0.05) is 40.3 Å². The van der Waals surface area contributed by atoms with E-state index >= 15 is 0 Å². The molecule has 2 aliphatic rings. The molecule has 7 atom stereocenters. The zero-order valence-electron chi connectivity index (χ0n) is 17.3. The van der Waals surface area contributed by atoms with Gasteiger partial charge in [-0.2, -0.15) is 0 Å². The molecule has 0 aromatic rings. The Morgan fingerprint density at radius 3 is 2.57 bits per heavy atom. The minimum atomic E-state index is -4.27. The lowest BCUT2D eigenvalue weighted by Gasteiger charge is -2.25. The molecule has 2 aliphatic heterocycles. The molecule has 0 aromatic heterocycles. The van der Waals surface area contributed by atoms with Crippen LogP contribution in [0, 0.1) is 0 Å². The van der Waals surface area contributed by atoms with Crippen LogP contribution >= 0.6 is 15.6 Å². The third-order valence-corrected chi connectivity index (χ3v) is 6.96. The van der Waals surface area contributed by atoms with Crippen LogP contribution < -0.4 is 5.32 Å². The number of nitrogens with one attached hydrogen (secondary N) is 1. The number of phosphoric ester groups is 2. The van der Waals surface area contributed by atoms with E-state index in [4.69, 9.17) is 32.3 Å². The Hall–Kier alpha value is -0.360. The first-order chi connectivity index (χ1) is 14.3. The van der Waals surface area contributed by atoms with Gasteiger partial charge in [0.15, 0.2) is 0 Å². The zero-order valence-corrected chi connectivity index (χ0v) is 19.1. The molecule has 4 unspecified atom stereocenters. The summed E-state index contributed by atoms with van der Waals surface area (Å²) in [5.41, 5.74) is 0. The summed E-state index contributed by atoms with van der Waals surface area (Å²) in [6.45, 7) is 6.38. The van der Waals surface area contributed by atoms with Crippen molar-refractivity contribution >= 4 is 15.6 Å². The molecule has 0 radical (unpaired) electrons. The standard InChI is InChI=1S/C16H31NO11P2/c1-5-17-16-9-13(27-29(18,19)21-3)15(26-16)11-25-30(20,22-4)28-12-7-8-24-14(12)10-23-6-2/h5,12-17H,1,6-11H2,2-4H3,(H,18,19)/t12?,13?,14-,15-,16-,30?/m1/s1. The van der Waals surface area contributed by atoms with E-state index in [-0.39, 0.29) is 19.1 Å². The number of hydrogen-bond donors (Lipinski definition) is 2. The molecule has 2 fully saturated rings. The van der Waals surface area contributed by atoms with E-state index < -0.39 is 40.2 Å². The second-order valence-electron chi connectivity index (χ2n) is 6.49. The van der Waals surface area contributed by atoms with Crippen LogP contribution in [0.4, 0.5) is 0 Å². The van der Waals surface area contributed by atoms with Crippen molar-refractivity contribution in [1.29, 1.82) is 0 Å². The van der Waals surface area contributed by atoms with Gasteiger partial charge in [0.1, 0.15) is 30.6 Å². The molecular formula is C16H31NO11P2. The fraction of sp³-hybridized carbons (Fsp3) is 0.875. The first-order valence-corrected chi connectivity index (χ1v) is 12.5. The van der Waals surface area contributed by atoms with Gasteiger partial charge in [0.25, 0.3) is 0 Å². The maximum atomic E-state index is 12.9. The van der Waals surface area contributed by atoms with Gasteiger partial charge in [-0.05, 0) is 13.1 Å². The minimum absolute atomic E-state index is 0.207. The molecule has 0 saturated carbocycles. The van der Waals surface area contributed by atoms with Gasteiger partial charge in [-0.25, -0.2) is 9.13 Å². The van der Waals surface area contributed by atoms with Crippen LogP contribution in [0.1, 0.15) is 19.8 Å². The predicted molar refractivity (Wildman–Crippen MR) is 105 cm³/mol. The predicted octanol–water partition coefficient (Wildman–Crippen LogP) is 1.95. The van der Waals surface area contributed by atoms with E-state index in [9.17, 15) is 14.0 Å². The van der Waals surface area contributed by atoms with Crippen molar-refractivity contribution in [2.45, 2.75) is 50.4 Å². The van der Waals surface area contributed by atoms with Crippen molar-refractivity contribution in [3.63, 3.8) is 0 Å². The largest absolute Gasteiger partial charge is 0.474 e. The Kier molecular flexibility index (Phi) is 10.4. The van der Waals surface area contributed by atoms with Crippen LogP contribution in [0.25, 0.3) is 0 Å². The first kappa shape index (κ1) is 25.9. The van der Waals surface area contributed by atoms with Crippen LogP contribution in [0.3, 0.4) is 0 Å². The molecule has 0 amide bonds. The summed E-state index contributed by atoms with van der Waals surface area (Å²) in [6, 6.07) is 0. The lowest BCUT2D eigenvalue weighted by molar-refractivity contribution is -0.0433. The van der Waals surface area contributed by atoms with E-state index in [1.807, 2.05) is 6.92 Å². The summed E-state index contributed by atoms with van der Waals surface area (Å²) in [5, 5.41) is 2.84. The monoisotopic (exact) mass is 475 g/mol. The normalized spacial score (nSPS) is 33.1. The quantitative estimate of drug-likeness (QED) is 0.355. The number of rotatable bonds is 14. The minimum Gasteiger partial charge on any atom is -0.379 e. The Morgan fingerprint density at radius 1 is 1.17 bits per heavy atom. The van der Waals surface area contributed by atoms with Crippen LogP contribution in [-0.4, -0.2) is 76.2 Å². The first-order valence-electron chi connectivity index (χ1n) is 9.53. The third-order valence-electron chi connectivity index (χ3n) is 4.52. The van der Waals surface area contributed by atoms with Gasteiger partial charge in [0.05, 0.1) is 13.2 Å². The highest BCUT2D eigenvalue weighted by Gasteiger charge is 2.43. The zero-order chi connectivity index (χ0) is 22.2. The molecule has 0 spiro atoms. The van der Waals surface area contributed by atoms with Gasteiger partial charge in [-0.15, -0.1) is 0 Å². The molecular weight excluding hydrogens is 444 g/mol. The molecule has 0 aromatic carbocycles. The molecule has 30 heavy (non-hydrogen) atoms. The summed E-state index contributed by atoms with van der Waals surface area (Å²) in [6.07, 6.45) is -1.04. The molecule has 2 saturated heterocycles. The van der Waals surface area contributed by atoms with E-state index in [1.54, 1.807) is 0 Å². The van der Waals surface area contributed by atoms with E-state index in [0.29, 0.717) is 26.2 Å². The molecule has 2 N–H and O–H groups in total. The second kappa shape index (κ2) is 12.0. The highest BCUT2D eigenvalue weighted by Crippen LogP contribution is 2.52. The SMILES string of the molecule is C=CN[C@H]1CC(OP(=O)(O)OC)[C@@H](COP(=O)(OC)OC2CCO[C@@H]2COCC)O1. The molecule has 0 bridgehead atoms. The van der Waals surface area contributed by atoms with Crippen LogP contribution in [-0.2, 0) is 46.0 Å². The van der Waals surface area contributed by atoms with Gasteiger partial charge >= 0.3 is 15.6 Å². The summed E-state index contributed by atoms with van der Waals surface area (Å²) >= 11 is 0. The van der Waals surface area contributed by atoms with E-state index in [1.165, 1.54) is 13.3 Å². The molecule has 176 valence electrons. The van der Waals surface area contributed by atoms with Gasteiger partial charge in [-0.1, -0.05) is 6.58 Å². The van der Waals surface area contributed by atoms with Crippen molar-refractivity contribution < 1.29 is 50.9 Å². The second-order valence-corrected chi connectivity index (χ2v) is 9.73. The van der Waals surface area contributed by atoms with Crippen LogP contribution in [0.2, 0.25) is 0 Å². The number of phosphoric acid groups is 2. The van der Waals surface area contributed by atoms with Crippen LogP contribution in [0.15, 0.2) is 12.8 Å². The average molecular weight is 475 g/mol. The fourth-order valence-corrected chi connectivity index (χ4v) is 4.83. The van der Waals surface area contributed by atoms with Crippen LogP contribution in [0.5, 0.6) is 0 Å². The Balaban J connectivity index is 1.98. The van der Waals surface area contributed by atoms with Gasteiger partial charge in [-0.3, -0.25) is 22.6 Å². The summed E-state index contributed by atoms with van der Waals surface area (Å²) in [7, 11) is -5.98. The molecule has 14 heteroatoms. The Morgan fingerprint density at radius 2 is 1.93 bits per heavy atom. The average Bonchev–Trinajstić information content (AvgIpc) is 3.31. The third kappa shape index (κ3) is 7.65. The van der Waals surface area contributed by atoms with Gasteiger partial charge < -0.3 is 24.4 Å². The highest BCUT2D eigenvalue weighted by molar-refractivity contribution is 7.48. The topological polar surface area (TPSA) is 140 Å².